The molecule has 1 atom stereocenters. The number of thiazole rings is 1. The molecular formula is C15H24N2O4S2. The van der Waals surface area contributed by atoms with E-state index < -0.39 is 15.4 Å². The maximum absolute atomic E-state index is 12.3. The second kappa shape index (κ2) is 7.17. The number of nitrogens with zero attached hydrogens (tertiary/aromatic N) is 2. The molecule has 0 aliphatic carbocycles. The quantitative estimate of drug-likeness (QED) is 0.825. The first-order valence-electron chi connectivity index (χ1n) is 7.70. The van der Waals surface area contributed by atoms with E-state index in [0.717, 1.165) is 17.7 Å². The second-order valence-electron chi connectivity index (χ2n) is 6.96. The maximum Gasteiger partial charge on any atom is 0.410 e. The van der Waals surface area contributed by atoms with Gasteiger partial charge in [-0.3, -0.25) is 4.98 Å². The van der Waals surface area contributed by atoms with Gasteiger partial charge in [0.15, 0.2) is 9.84 Å². The molecular weight excluding hydrogens is 336 g/mol. The molecule has 0 radical (unpaired) electrons. The number of amides is 1. The van der Waals surface area contributed by atoms with Gasteiger partial charge in [0.25, 0.3) is 0 Å². The molecule has 6 nitrogen and oxygen atoms in total. The van der Waals surface area contributed by atoms with Crippen molar-refractivity contribution in [2.45, 2.75) is 45.0 Å². The number of ether oxygens (including phenoxy) is 1. The summed E-state index contributed by atoms with van der Waals surface area (Å²) in [5.74, 6) is 0.0966. The van der Waals surface area contributed by atoms with Crippen molar-refractivity contribution in [1.82, 2.24) is 9.88 Å². The number of likely N-dealkylation sites (tertiary alicyclic amines) is 1. The fourth-order valence-corrected chi connectivity index (χ4v) is 5.45. The van der Waals surface area contributed by atoms with Crippen LogP contribution in [0.3, 0.4) is 0 Å². The molecule has 0 N–H and O–H groups in total. The van der Waals surface area contributed by atoms with Gasteiger partial charge in [-0.25, -0.2) is 13.2 Å². The van der Waals surface area contributed by atoms with E-state index in [9.17, 15) is 13.2 Å². The molecule has 2 rings (SSSR count). The fraction of sp³-hybridized carbons (Fsp3) is 0.733. The van der Waals surface area contributed by atoms with Crippen LogP contribution in [0.4, 0.5) is 4.79 Å². The summed E-state index contributed by atoms with van der Waals surface area (Å²) < 4.78 is 30.0. The zero-order valence-corrected chi connectivity index (χ0v) is 15.5. The maximum atomic E-state index is 12.3. The Morgan fingerprint density at radius 3 is 2.83 bits per heavy atom. The fourth-order valence-electron chi connectivity index (χ4n) is 2.64. The van der Waals surface area contributed by atoms with Crippen molar-refractivity contribution in [2.24, 2.45) is 5.92 Å². The van der Waals surface area contributed by atoms with Crippen LogP contribution in [0, 0.1) is 5.92 Å². The first kappa shape index (κ1) is 18.2. The monoisotopic (exact) mass is 360 g/mol. The molecule has 1 aliphatic rings. The zero-order valence-electron chi connectivity index (χ0n) is 13.8. The Labute approximate surface area is 141 Å². The predicted molar refractivity (Wildman–Crippen MR) is 90.1 cm³/mol. The lowest BCUT2D eigenvalue weighted by atomic mass is 10.0. The average molecular weight is 361 g/mol. The van der Waals surface area contributed by atoms with Gasteiger partial charge in [-0.05, 0) is 39.5 Å². The first-order chi connectivity index (χ1) is 10.6. The van der Waals surface area contributed by atoms with E-state index in [1.807, 2.05) is 20.8 Å². The summed E-state index contributed by atoms with van der Waals surface area (Å²) in [6, 6.07) is 0. The summed E-state index contributed by atoms with van der Waals surface area (Å²) >= 11 is 1.35. The van der Waals surface area contributed by atoms with Crippen LogP contribution in [0.5, 0.6) is 0 Å². The molecule has 1 aliphatic heterocycles. The Balaban J connectivity index is 1.92. The van der Waals surface area contributed by atoms with Crippen LogP contribution in [0.2, 0.25) is 0 Å². The molecule has 1 saturated heterocycles. The third kappa shape index (κ3) is 6.10. The summed E-state index contributed by atoms with van der Waals surface area (Å²) in [4.78, 5) is 18.4. The molecule has 1 amide bonds. The molecule has 1 aromatic rings. The van der Waals surface area contributed by atoms with E-state index in [4.69, 9.17) is 4.74 Å². The third-order valence-electron chi connectivity index (χ3n) is 3.51. The third-order valence-corrected chi connectivity index (χ3v) is 6.20. The van der Waals surface area contributed by atoms with Crippen molar-refractivity contribution in [3.63, 3.8) is 0 Å². The molecule has 0 spiro atoms. The van der Waals surface area contributed by atoms with Crippen LogP contribution in [0.1, 0.15) is 38.5 Å². The van der Waals surface area contributed by atoms with Crippen LogP contribution >= 0.6 is 11.3 Å². The lowest BCUT2D eigenvalue weighted by molar-refractivity contribution is 0.0176. The van der Waals surface area contributed by atoms with Crippen molar-refractivity contribution in [2.75, 3.05) is 18.8 Å². The van der Waals surface area contributed by atoms with Gasteiger partial charge in [0.1, 0.15) is 5.60 Å². The molecule has 23 heavy (non-hydrogen) atoms. The number of hydrogen-bond donors (Lipinski definition) is 0. The minimum Gasteiger partial charge on any atom is -0.444 e. The largest absolute Gasteiger partial charge is 0.444 e. The number of piperidine rings is 1. The standard InChI is InChI=1S/C15H24N2O4S2/c1-15(2,3)21-14(18)17-6-4-5-12(8-17)9-23(19,20)10-13-7-16-11-22-13/h7,11-12H,4-6,8-10H2,1-3H3/t12-/m1/s1. The summed E-state index contributed by atoms with van der Waals surface area (Å²) in [7, 11) is -3.20. The van der Waals surface area contributed by atoms with Crippen LogP contribution in [-0.2, 0) is 20.3 Å². The highest BCUT2D eigenvalue weighted by molar-refractivity contribution is 7.90. The molecule has 1 fully saturated rings. The van der Waals surface area contributed by atoms with Crippen LogP contribution < -0.4 is 0 Å². The van der Waals surface area contributed by atoms with Gasteiger partial charge in [0.2, 0.25) is 0 Å². The zero-order chi connectivity index (χ0) is 17.1. The molecule has 0 saturated carbocycles. The number of rotatable bonds is 4. The first-order valence-corrected chi connectivity index (χ1v) is 10.4. The van der Waals surface area contributed by atoms with E-state index in [1.165, 1.54) is 11.3 Å². The summed E-state index contributed by atoms with van der Waals surface area (Å²) in [6.45, 7) is 6.54. The lowest BCUT2D eigenvalue weighted by Gasteiger charge is -2.34. The van der Waals surface area contributed by atoms with E-state index in [2.05, 4.69) is 4.98 Å². The van der Waals surface area contributed by atoms with Crippen LogP contribution in [0.15, 0.2) is 11.7 Å². The molecule has 0 unspecified atom stereocenters. The Morgan fingerprint density at radius 1 is 1.48 bits per heavy atom. The topological polar surface area (TPSA) is 76.6 Å². The Hall–Kier alpha value is -1.15. The molecule has 0 aromatic carbocycles. The van der Waals surface area contributed by atoms with Crippen molar-refractivity contribution >= 4 is 27.3 Å². The Kier molecular flexibility index (Phi) is 5.67. The van der Waals surface area contributed by atoms with Crippen molar-refractivity contribution < 1.29 is 17.9 Å². The van der Waals surface area contributed by atoms with Gasteiger partial charge >= 0.3 is 6.09 Å². The van der Waals surface area contributed by atoms with Crippen molar-refractivity contribution in [1.29, 1.82) is 0 Å². The number of hydrogen-bond acceptors (Lipinski definition) is 6. The number of carbonyl (C=O) groups excluding carboxylic acids is 1. The van der Waals surface area contributed by atoms with Gasteiger partial charge in [-0.1, -0.05) is 0 Å². The molecule has 2 heterocycles. The average Bonchev–Trinajstić information content (AvgIpc) is 2.88. The highest BCUT2D eigenvalue weighted by atomic mass is 32.2. The minimum atomic E-state index is -3.20. The van der Waals surface area contributed by atoms with E-state index in [-0.39, 0.29) is 23.5 Å². The highest BCUT2D eigenvalue weighted by Gasteiger charge is 2.30. The summed E-state index contributed by atoms with van der Waals surface area (Å²) in [5, 5.41) is 0. The van der Waals surface area contributed by atoms with Gasteiger partial charge in [-0.2, -0.15) is 0 Å². The number of carbonyl (C=O) groups is 1. The van der Waals surface area contributed by atoms with Crippen LogP contribution in [-0.4, -0.2) is 48.8 Å². The lowest BCUT2D eigenvalue weighted by Crippen LogP contribution is -2.44. The normalized spacial score (nSPS) is 19.6. The molecule has 0 bridgehead atoms. The minimum absolute atomic E-state index is 0.0284. The number of aromatic nitrogens is 1. The van der Waals surface area contributed by atoms with E-state index in [1.54, 1.807) is 16.6 Å². The van der Waals surface area contributed by atoms with Crippen LogP contribution in [0.25, 0.3) is 0 Å². The summed E-state index contributed by atoms with van der Waals surface area (Å²) in [5.41, 5.74) is 1.10. The number of sulfone groups is 1. The Bertz CT molecular complexity index is 620. The SMILES string of the molecule is CC(C)(C)OC(=O)N1CCC[C@@H](CS(=O)(=O)Cc2cncs2)C1. The highest BCUT2D eigenvalue weighted by Crippen LogP contribution is 2.22. The van der Waals surface area contributed by atoms with Crippen molar-refractivity contribution in [3.8, 4) is 0 Å². The predicted octanol–water partition coefficient (Wildman–Crippen LogP) is 2.71. The van der Waals surface area contributed by atoms with Crippen molar-refractivity contribution in [3.05, 3.63) is 16.6 Å². The van der Waals surface area contributed by atoms with Gasteiger partial charge in [0.05, 0.1) is 17.0 Å². The van der Waals surface area contributed by atoms with Gasteiger partial charge in [-0.15, -0.1) is 11.3 Å². The van der Waals surface area contributed by atoms with E-state index >= 15 is 0 Å². The molecule has 1 aromatic heterocycles. The van der Waals surface area contributed by atoms with Gasteiger partial charge in [0, 0.05) is 24.2 Å². The molecule has 8 heteroatoms. The van der Waals surface area contributed by atoms with Gasteiger partial charge < -0.3 is 9.64 Å². The summed E-state index contributed by atoms with van der Waals surface area (Å²) in [6.07, 6.45) is 2.86. The second-order valence-corrected chi connectivity index (χ2v) is 10.0. The molecule has 130 valence electrons. The van der Waals surface area contributed by atoms with E-state index in [0.29, 0.717) is 13.1 Å². The Morgan fingerprint density at radius 2 is 2.22 bits per heavy atom. The smallest absolute Gasteiger partial charge is 0.410 e.